The van der Waals surface area contributed by atoms with Crippen LogP contribution in [0, 0.1) is 0 Å². The van der Waals surface area contributed by atoms with Gasteiger partial charge in [-0.05, 0) is 29.6 Å². The molecule has 1 aliphatic heterocycles. The Hall–Kier alpha value is -2.47. The van der Waals surface area contributed by atoms with Crippen LogP contribution in [-0.2, 0) is 17.9 Å². The first kappa shape index (κ1) is 20.3. The highest BCUT2D eigenvalue weighted by Crippen LogP contribution is 2.19. The van der Waals surface area contributed by atoms with Gasteiger partial charge in [-0.15, -0.1) is 0 Å². The minimum Gasteiger partial charge on any atom is -0.350 e. The van der Waals surface area contributed by atoms with Crippen LogP contribution in [0.5, 0.6) is 0 Å². The molecule has 1 saturated heterocycles. The third-order valence-corrected chi connectivity index (χ3v) is 5.57. The molecular weight excluding hydrogens is 370 g/mol. The van der Waals surface area contributed by atoms with Gasteiger partial charge < -0.3 is 15.1 Å². The van der Waals surface area contributed by atoms with E-state index in [0.717, 1.165) is 16.9 Å². The summed E-state index contributed by atoms with van der Waals surface area (Å²) in [5, 5.41) is 3.01. The standard InChI is InChI=1S/C22H27N3O2S/c1-28-15-12-20(21(26)23-16-18-8-4-2-5-9-18)25-14-13-24(22(25)27)17-19-10-6-3-7-11-19/h2-11,20H,12-17H2,1H3,(H,23,26). The van der Waals surface area contributed by atoms with Crippen LogP contribution in [0.15, 0.2) is 60.7 Å². The van der Waals surface area contributed by atoms with Gasteiger partial charge >= 0.3 is 6.03 Å². The fraction of sp³-hybridized carbons (Fsp3) is 0.364. The molecule has 6 heteroatoms. The van der Waals surface area contributed by atoms with Crippen molar-refractivity contribution in [2.45, 2.75) is 25.6 Å². The molecule has 1 heterocycles. The van der Waals surface area contributed by atoms with Gasteiger partial charge in [-0.2, -0.15) is 11.8 Å². The maximum Gasteiger partial charge on any atom is 0.321 e. The Bertz CT molecular complexity index is 770. The fourth-order valence-electron chi connectivity index (χ4n) is 3.40. The van der Waals surface area contributed by atoms with Gasteiger partial charge in [0.15, 0.2) is 0 Å². The van der Waals surface area contributed by atoms with E-state index in [4.69, 9.17) is 0 Å². The molecule has 148 valence electrons. The lowest BCUT2D eigenvalue weighted by molar-refractivity contribution is -0.125. The topological polar surface area (TPSA) is 52.7 Å². The first-order chi connectivity index (χ1) is 13.7. The zero-order valence-corrected chi connectivity index (χ0v) is 17.0. The quantitative estimate of drug-likeness (QED) is 0.706. The van der Waals surface area contributed by atoms with Crippen molar-refractivity contribution in [2.24, 2.45) is 0 Å². The van der Waals surface area contributed by atoms with Crippen LogP contribution in [-0.4, -0.2) is 52.9 Å². The summed E-state index contributed by atoms with van der Waals surface area (Å²) in [6.07, 6.45) is 2.68. The largest absolute Gasteiger partial charge is 0.350 e. The van der Waals surface area contributed by atoms with Crippen molar-refractivity contribution in [3.05, 3.63) is 71.8 Å². The summed E-state index contributed by atoms with van der Waals surface area (Å²) in [5.74, 6) is 0.763. The van der Waals surface area contributed by atoms with Crippen molar-refractivity contribution in [1.82, 2.24) is 15.1 Å². The first-order valence-corrected chi connectivity index (χ1v) is 11.0. The maximum absolute atomic E-state index is 13.0. The number of thioether (sulfide) groups is 1. The highest BCUT2D eigenvalue weighted by molar-refractivity contribution is 7.98. The summed E-state index contributed by atoms with van der Waals surface area (Å²) in [5.41, 5.74) is 2.16. The van der Waals surface area contributed by atoms with Crippen LogP contribution in [0.4, 0.5) is 4.79 Å². The molecule has 0 spiro atoms. The first-order valence-electron chi connectivity index (χ1n) is 9.59. The molecule has 28 heavy (non-hydrogen) atoms. The minimum atomic E-state index is -0.426. The molecule has 1 fully saturated rings. The molecule has 0 bridgehead atoms. The lowest BCUT2D eigenvalue weighted by atomic mass is 10.1. The minimum absolute atomic E-state index is 0.0511. The van der Waals surface area contributed by atoms with Gasteiger partial charge in [0.1, 0.15) is 6.04 Å². The van der Waals surface area contributed by atoms with E-state index in [9.17, 15) is 9.59 Å². The zero-order chi connectivity index (χ0) is 19.8. The molecule has 1 aliphatic rings. The molecule has 5 nitrogen and oxygen atoms in total. The second kappa shape index (κ2) is 10.2. The van der Waals surface area contributed by atoms with Crippen molar-refractivity contribution in [3.63, 3.8) is 0 Å². The van der Waals surface area contributed by atoms with Crippen LogP contribution < -0.4 is 5.32 Å². The van der Waals surface area contributed by atoms with Crippen LogP contribution in [0.25, 0.3) is 0 Å². The van der Waals surface area contributed by atoms with E-state index in [-0.39, 0.29) is 11.9 Å². The SMILES string of the molecule is CSCCC(C(=O)NCc1ccccc1)N1CCN(Cc2ccccc2)C1=O. The second-order valence-corrected chi connectivity index (χ2v) is 7.87. The molecule has 3 rings (SSSR count). The summed E-state index contributed by atoms with van der Waals surface area (Å²) < 4.78 is 0. The normalized spacial score (nSPS) is 15.0. The molecule has 2 aromatic carbocycles. The molecule has 0 saturated carbocycles. The number of benzene rings is 2. The van der Waals surface area contributed by atoms with Gasteiger partial charge in [0.25, 0.3) is 0 Å². The highest BCUT2D eigenvalue weighted by atomic mass is 32.2. The summed E-state index contributed by atoms with van der Waals surface area (Å²) in [4.78, 5) is 29.4. The zero-order valence-electron chi connectivity index (χ0n) is 16.2. The van der Waals surface area contributed by atoms with E-state index in [0.29, 0.717) is 32.6 Å². The van der Waals surface area contributed by atoms with Gasteiger partial charge in [0, 0.05) is 26.2 Å². The number of nitrogens with zero attached hydrogens (tertiary/aromatic N) is 2. The second-order valence-electron chi connectivity index (χ2n) is 6.88. The number of amides is 3. The van der Waals surface area contributed by atoms with Crippen molar-refractivity contribution in [3.8, 4) is 0 Å². The average molecular weight is 398 g/mol. The number of rotatable bonds is 9. The number of carbonyl (C=O) groups is 2. The predicted octanol–water partition coefficient (Wildman–Crippen LogP) is 3.36. The van der Waals surface area contributed by atoms with Crippen molar-refractivity contribution >= 4 is 23.7 Å². The molecule has 2 aromatic rings. The van der Waals surface area contributed by atoms with Gasteiger partial charge in [-0.1, -0.05) is 60.7 Å². The smallest absolute Gasteiger partial charge is 0.321 e. The summed E-state index contributed by atoms with van der Waals surface area (Å²) in [6.45, 7) is 2.29. The lowest BCUT2D eigenvalue weighted by Crippen LogP contribution is -2.48. The van der Waals surface area contributed by atoms with Crippen LogP contribution in [0.2, 0.25) is 0 Å². The average Bonchev–Trinajstić information content (AvgIpc) is 3.08. The van der Waals surface area contributed by atoms with E-state index in [1.807, 2.05) is 71.8 Å². The summed E-state index contributed by atoms with van der Waals surface area (Å²) >= 11 is 1.69. The van der Waals surface area contributed by atoms with Crippen molar-refractivity contribution < 1.29 is 9.59 Å². The molecule has 1 atom stereocenters. The molecule has 1 unspecified atom stereocenters. The van der Waals surface area contributed by atoms with Crippen molar-refractivity contribution in [2.75, 3.05) is 25.1 Å². The van der Waals surface area contributed by atoms with Gasteiger partial charge in [-0.25, -0.2) is 4.79 Å². The van der Waals surface area contributed by atoms with Gasteiger partial charge in [-0.3, -0.25) is 4.79 Å². The molecule has 3 amide bonds. The van der Waals surface area contributed by atoms with Gasteiger partial charge in [0.2, 0.25) is 5.91 Å². The monoisotopic (exact) mass is 397 g/mol. The molecular formula is C22H27N3O2S. The Kier molecular flexibility index (Phi) is 7.37. The van der Waals surface area contributed by atoms with E-state index >= 15 is 0 Å². The Morgan fingerprint density at radius 3 is 2.32 bits per heavy atom. The Morgan fingerprint density at radius 1 is 1.04 bits per heavy atom. The Balaban J connectivity index is 1.63. The van der Waals surface area contributed by atoms with Gasteiger partial charge in [0.05, 0.1) is 0 Å². The Morgan fingerprint density at radius 2 is 1.68 bits per heavy atom. The van der Waals surface area contributed by atoms with E-state index in [2.05, 4.69) is 5.32 Å². The number of carbonyl (C=O) groups excluding carboxylic acids is 2. The van der Waals surface area contributed by atoms with Crippen LogP contribution >= 0.6 is 11.8 Å². The number of hydrogen-bond donors (Lipinski definition) is 1. The summed E-state index contributed by atoms with van der Waals surface area (Å²) in [7, 11) is 0. The molecule has 0 aromatic heterocycles. The van der Waals surface area contributed by atoms with E-state index in [1.54, 1.807) is 16.7 Å². The summed E-state index contributed by atoms with van der Waals surface area (Å²) in [6, 6.07) is 19.3. The molecule has 1 N–H and O–H groups in total. The third kappa shape index (κ3) is 5.29. The lowest BCUT2D eigenvalue weighted by Gasteiger charge is -2.27. The van der Waals surface area contributed by atoms with E-state index < -0.39 is 6.04 Å². The Labute approximate surface area is 171 Å². The number of urea groups is 1. The molecule has 0 aliphatic carbocycles. The number of nitrogens with one attached hydrogen (secondary N) is 1. The maximum atomic E-state index is 13.0. The highest BCUT2D eigenvalue weighted by Gasteiger charge is 2.36. The van der Waals surface area contributed by atoms with Crippen LogP contribution in [0.3, 0.4) is 0 Å². The predicted molar refractivity (Wildman–Crippen MR) is 114 cm³/mol. The van der Waals surface area contributed by atoms with Crippen molar-refractivity contribution in [1.29, 1.82) is 0 Å². The van der Waals surface area contributed by atoms with E-state index in [1.165, 1.54) is 0 Å². The number of hydrogen-bond acceptors (Lipinski definition) is 3. The fourth-order valence-corrected chi connectivity index (χ4v) is 3.86. The molecule has 0 radical (unpaired) electrons. The third-order valence-electron chi connectivity index (χ3n) is 4.93. The van der Waals surface area contributed by atoms with Crippen LogP contribution in [0.1, 0.15) is 17.5 Å².